The first-order valence-corrected chi connectivity index (χ1v) is 7.90. The third-order valence-corrected chi connectivity index (χ3v) is 4.02. The van der Waals surface area contributed by atoms with Gasteiger partial charge in [-0.05, 0) is 17.7 Å². The number of carboxylic acids is 1. The second-order valence-corrected chi connectivity index (χ2v) is 6.00. The maximum absolute atomic E-state index is 12.6. The Hall–Kier alpha value is -3.11. The highest BCUT2D eigenvalue weighted by atomic mass is 19.4. The van der Waals surface area contributed by atoms with Gasteiger partial charge in [-0.3, -0.25) is 4.79 Å². The number of halogens is 3. The van der Waals surface area contributed by atoms with Gasteiger partial charge in [0.15, 0.2) is 12.4 Å². The Balaban J connectivity index is 1.72. The number of fused-ring (bicyclic) bond motifs is 1. The van der Waals surface area contributed by atoms with Gasteiger partial charge in [-0.25, -0.2) is 4.79 Å². The lowest BCUT2D eigenvalue weighted by Gasteiger charge is -2.33. The van der Waals surface area contributed by atoms with Crippen molar-refractivity contribution in [1.82, 2.24) is 19.7 Å². The van der Waals surface area contributed by atoms with Crippen LogP contribution in [0.5, 0.6) is 5.75 Å². The van der Waals surface area contributed by atoms with Crippen molar-refractivity contribution in [2.75, 3.05) is 6.61 Å². The van der Waals surface area contributed by atoms with Crippen molar-refractivity contribution >= 4 is 11.9 Å². The number of carbonyl (C=O) groups excluding carboxylic acids is 1. The Kier molecular flexibility index (Phi) is 5.02. The van der Waals surface area contributed by atoms with Crippen molar-refractivity contribution in [2.45, 2.75) is 31.7 Å². The second kappa shape index (κ2) is 7.25. The highest BCUT2D eigenvalue weighted by molar-refractivity contribution is 5.85. The van der Waals surface area contributed by atoms with Crippen molar-refractivity contribution in [2.24, 2.45) is 0 Å². The molecular weight excluding hydrogens is 369 g/mol. The van der Waals surface area contributed by atoms with Crippen LogP contribution in [-0.2, 0) is 29.1 Å². The average molecular weight is 384 g/mol. The number of aliphatic carboxylic acids is 1. The Morgan fingerprint density at radius 1 is 1.33 bits per heavy atom. The summed E-state index contributed by atoms with van der Waals surface area (Å²) < 4.78 is 43.0. The molecule has 1 aromatic carbocycles. The lowest BCUT2D eigenvalue weighted by atomic mass is 10.1. The molecule has 1 aliphatic rings. The van der Waals surface area contributed by atoms with Crippen LogP contribution in [0.3, 0.4) is 0 Å². The highest BCUT2D eigenvalue weighted by Gasteiger charge is 2.35. The van der Waals surface area contributed by atoms with Crippen LogP contribution < -0.4 is 4.74 Å². The molecule has 0 fully saturated rings. The van der Waals surface area contributed by atoms with E-state index in [2.05, 4.69) is 14.9 Å². The summed E-state index contributed by atoms with van der Waals surface area (Å²) in [6.07, 6.45) is -3.25. The molecule has 0 radical (unpaired) electrons. The zero-order valence-corrected chi connectivity index (χ0v) is 13.9. The molecule has 1 aliphatic heterocycles. The predicted octanol–water partition coefficient (Wildman–Crippen LogP) is 1.26. The third-order valence-electron chi connectivity index (χ3n) is 4.02. The number of hydrogen-bond donors (Lipinski definition) is 1. The van der Waals surface area contributed by atoms with E-state index in [1.165, 1.54) is 29.4 Å². The Morgan fingerprint density at radius 3 is 2.81 bits per heavy atom. The molecule has 1 atom stereocenters. The number of carbonyl (C=O) groups is 2. The molecule has 8 nitrogen and oxygen atoms in total. The Morgan fingerprint density at radius 2 is 2.11 bits per heavy atom. The molecule has 0 aliphatic carbocycles. The van der Waals surface area contributed by atoms with Crippen LogP contribution in [0.1, 0.15) is 11.4 Å². The number of carboxylic acid groups (broad SMARTS) is 1. The first-order chi connectivity index (χ1) is 12.7. The average Bonchev–Trinajstić information content (AvgIpc) is 3.06. The van der Waals surface area contributed by atoms with E-state index in [0.29, 0.717) is 11.4 Å². The minimum absolute atomic E-state index is 0.0138. The molecule has 1 amide bonds. The van der Waals surface area contributed by atoms with Crippen LogP contribution >= 0.6 is 0 Å². The van der Waals surface area contributed by atoms with Crippen molar-refractivity contribution in [3.05, 3.63) is 42.0 Å². The van der Waals surface area contributed by atoms with Gasteiger partial charge in [0, 0.05) is 0 Å². The number of hydrogen-bond acceptors (Lipinski definition) is 5. The molecule has 11 heteroatoms. The summed E-state index contributed by atoms with van der Waals surface area (Å²) in [7, 11) is 0. The Bertz CT molecular complexity index is 852. The molecule has 0 spiro atoms. The van der Waals surface area contributed by atoms with Crippen molar-refractivity contribution in [3.63, 3.8) is 0 Å². The molecule has 2 aromatic rings. The molecule has 1 unspecified atom stereocenters. The predicted molar refractivity (Wildman–Crippen MR) is 83.7 cm³/mol. The molecule has 0 saturated carbocycles. The summed E-state index contributed by atoms with van der Waals surface area (Å²) in [5.74, 6) is -1.21. The van der Waals surface area contributed by atoms with Gasteiger partial charge in [0.25, 0.3) is 0 Å². The molecule has 0 saturated heterocycles. The molecule has 0 bridgehead atoms. The number of ether oxygens (including phenoxy) is 1. The van der Waals surface area contributed by atoms with E-state index in [1.807, 2.05) is 0 Å². The Labute approximate surface area is 151 Å². The third kappa shape index (κ3) is 4.54. The summed E-state index contributed by atoms with van der Waals surface area (Å²) >= 11 is 0. The van der Waals surface area contributed by atoms with Gasteiger partial charge >= 0.3 is 12.1 Å². The molecule has 144 valence electrons. The fraction of sp³-hybridized carbons (Fsp3) is 0.375. The summed E-state index contributed by atoms with van der Waals surface area (Å²) in [5, 5.41) is 17.0. The van der Waals surface area contributed by atoms with Gasteiger partial charge in [0.05, 0.1) is 19.5 Å². The van der Waals surface area contributed by atoms with Crippen molar-refractivity contribution < 1.29 is 32.6 Å². The maximum atomic E-state index is 12.6. The number of rotatable bonds is 5. The van der Waals surface area contributed by atoms with E-state index in [4.69, 9.17) is 0 Å². The van der Waals surface area contributed by atoms with Gasteiger partial charge < -0.3 is 19.3 Å². The van der Waals surface area contributed by atoms with Crippen LogP contribution in [0, 0.1) is 0 Å². The summed E-state index contributed by atoms with van der Waals surface area (Å²) in [6, 6.07) is 4.62. The van der Waals surface area contributed by atoms with Crippen LogP contribution in [0.25, 0.3) is 0 Å². The first-order valence-electron chi connectivity index (χ1n) is 7.90. The minimum Gasteiger partial charge on any atom is -0.484 e. The van der Waals surface area contributed by atoms with Gasteiger partial charge in [0.2, 0.25) is 5.91 Å². The van der Waals surface area contributed by atoms with E-state index in [-0.39, 0.29) is 25.3 Å². The van der Waals surface area contributed by atoms with Gasteiger partial charge in [-0.1, -0.05) is 12.1 Å². The smallest absolute Gasteiger partial charge is 0.422 e. The lowest BCUT2D eigenvalue weighted by molar-refractivity contribution is -0.153. The molecule has 1 N–H and O–H groups in total. The van der Waals surface area contributed by atoms with E-state index < -0.39 is 30.7 Å². The molecule has 1 aromatic heterocycles. The number of nitrogens with zero attached hydrogens (tertiary/aromatic N) is 4. The standard InChI is InChI=1S/C16H15F3N4O4/c17-16(18,19)8-27-11-3-1-2-10(4-11)5-14(24)23-7-13-21-20-9-22(13)6-12(23)15(25)26/h1-4,9,12H,5-8H2,(H,25,26). The number of aromatic nitrogens is 3. The van der Waals surface area contributed by atoms with E-state index in [9.17, 15) is 27.9 Å². The lowest BCUT2D eigenvalue weighted by Crippen LogP contribution is -2.51. The maximum Gasteiger partial charge on any atom is 0.422 e. The van der Waals surface area contributed by atoms with Crippen LogP contribution in [-0.4, -0.2) is 55.5 Å². The highest BCUT2D eigenvalue weighted by Crippen LogP contribution is 2.21. The first kappa shape index (κ1) is 18.7. The van der Waals surface area contributed by atoms with Gasteiger partial charge in [0.1, 0.15) is 18.1 Å². The van der Waals surface area contributed by atoms with Crippen LogP contribution in [0.4, 0.5) is 13.2 Å². The zero-order chi connectivity index (χ0) is 19.6. The second-order valence-electron chi connectivity index (χ2n) is 6.00. The summed E-state index contributed by atoms with van der Waals surface area (Å²) in [4.78, 5) is 25.3. The van der Waals surface area contributed by atoms with Gasteiger partial charge in [-0.15, -0.1) is 10.2 Å². The fourth-order valence-corrected chi connectivity index (χ4v) is 2.76. The monoisotopic (exact) mass is 384 g/mol. The number of amides is 1. The molecule has 3 rings (SSSR count). The molecule has 2 heterocycles. The zero-order valence-electron chi connectivity index (χ0n) is 13.9. The number of alkyl halides is 3. The normalized spacial score (nSPS) is 16.7. The summed E-state index contributed by atoms with van der Waals surface area (Å²) in [5.41, 5.74) is 0.413. The minimum atomic E-state index is -4.47. The number of benzene rings is 1. The quantitative estimate of drug-likeness (QED) is 0.834. The van der Waals surface area contributed by atoms with E-state index >= 15 is 0 Å². The molecular formula is C16H15F3N4O4. The van der Waals surface area contributed by atoms with Crippen molar-refractivity contribution in [3.8, 4) is 5.75 Å². The van der Waals surface area contributed by atoms with Crippen molar-refractivity contribution in [1.29, 1.82) is 0 Å². The van der Waals surface area contributed by atoms with Crippen LogP contribution in [0.2, 0.25) is 0 Å². The summed E-state index contributed by atoms with van der Waals surface area (Å²) in [6.45, 7) is -1.43. The van der Waals surface area contributed by atoms with Gasteiger partial charge in [-0.2, -0.15) is 13.2 Å². The SMILES string of the molecule is O=C(O)C1Cn2cnnc2CN1C(=O)Cc1cccc(OCC(F)(F)F)c1. The van der Waals surface area contributed by atoms with E-state index in [1.54, 1.807) is 10.6 Å². The fourth-order valence-electron chi connectivity index (χ4n) is 2.76. The molecule has 27 heavy (non-hydrogen) atoms. The topological polar surface area (TPSA) is 97.5 Å². The largest absolute Gasteiger partial charge is 0.484 e. The van der Waals surface area contributed by atoms with Crippen LogP contribution in [0.15, 0.2) is 30.6 Å². The van der Waals surface area contributed by atoms with E-state index in [0.717, 1.165) is 0 Å².